The molecule has 5 nitrogen and oxygen atoms in total. The molecule has 0 heterocycles. The van der Waals surface area contributed by atoms with Crippen LogP contribution < -0.4 is 10.6 Å². The molecular weight excluding hydrogens is 364 g/mol. The summed E-state index contributed by atoms with van der Waals surface area (Å²) in [6.45, 7) is 11.5. The quantitative estimate of drug-likeness (QED) is 0.703. The number of carbonyl (C=O) groups excluding carboxylic acids is 2. The summed E-state index contributed by atoms with van der Waals surface area (Å²) >= 11 is 0. The van der Waals surface area contributed by atoms with E-state index < -0.39 is 0 Å². The van der Waals surface area contributed by atoms with Crippen LogP contribution in [-0.2, 0) is 4.79 Å². The van der Waals surface area contributed by atoms with Crippen molar-refractivity contribution in [1.82, 2.24) is 10.6 Å². The topological polar surface area (TPSA) is 78.4 Å². The highest BCUT2D eigenvalue weighted by Crippen LogP contribution is 2.34. The standard InChI is InChI=1S/C24H32N2O3/c1-23(2,3)25-21(28)15-19(16-10-8-7-9-11-16)18-13-12-17(14-20(18)27)22(29)26-24(4,5)6/h7-14,19,27H,15H2,1-6H3,(H,25,28)(H,26,29). The van der Waals surface area contributed by atoms with Crippen LogP contribution in [0.1, 0.15) is 75.4 Å². The van der Waals surface area contributed by atoms with E-state index >= 15 is 0 Å². The molecule has 2 rings (SSSR count). The van der Waals surface area contributed by atoms with Gasteiger partial charge in [-0.3, -0.25) is 9.59 Å². The molecule has 0 aromatic heterocycles. The van der Waals surface area contributed by atoms with Crippen molar-refractivity contribution in [3.05, 3.63) is 65.2 Å². The third-order valence-corrected chi connectivity index (χ3v) is 4.26. The summed E-state index contributed by atoms with van der Waals surface area (Å²) in [4.78, 5) is 25.0. The van der Waals surface area contributed by atoms with Gasteiger partial charge in [-0.05, 0) is 59.2 Å². The zero-order valence-corrected chi connectivity index (χ0v) is 18.2. The van der Waals surface area contributed by atoms with Gasteiger partial charge in [0.1, 0.15) is 5.75 Å². The molecule has 0 radical (unpaired) electrons. The monoisotopic (exact) mass is 396 g/mol. The molecule has 0 aliphatic carbocycles. The Hall–Kier alpha value is -2.82. The average Bonchev–Trinajstić information content (AvgIpc) is 2.57. The van der Waals surface area contributed by atoms with Crippen molar-refractivity contribution in [2.75, 3.05) is 0 Å². The number of hydrogen-bond donors (Lipinski definition) is 3. The maximum absolute atomic E-state index is 12.6. The number of hydrogen-bond acceptors (Lipinski definition) is 3. The van der Waals surface area contributed by atoms with Crippen molar-refractivity contribution in [1.29, 1.82) is 0 Å². The molecule has 0 spiro atoms. The second kappa shape index (κ2) is 8.68. The molecule has 29 heavy (non-hydrogen) atoms. The predicted molar refractivity (Wildman–Crippen MR) is 116 cm³/mol. The van der Waals surface area contributed by atoms with Gasteiger partial charge in [-0.2, -0.15) is 0 Å². The van der Waals surface area contributed by atoms with Gasteiger partial charge >= 0.3 is 0 Å². The number of aromatic hydroxyl groups is 1. The molecule has 0 aliphatic rings. The van der Waals surface area contributed by atoms with E-state index in [9.17, 15) is 14.7 Å². The van der Waals surface area contributed by atoms with Crippen LogP contribution in [0.2, 0.25) is 0 Å². The van der Waals surface area contributed by atoms with Gasteiger partial charge in [0, 0.05) is 34.5 Å². The van der Waals surface area contributed by atoms with Crippen LogP contribution in [-0.4, -0.2) is 28.0 Å². The maximum atomic E-state index is 12.6. The van der Waals surface area contributed by atoms with Gasteiger partial charge in [0.05, 0.1) is 0 Å². The molecule has 2 aromatic carbocycles. The Kier molecular flexibility index (Phi) is 6.73. The summed E-state index contributed by atoms with van der Waals surface area (Å²) in [5, 5.41) is 16.6. The van der Waals surface area contributed by atoms with Crippen LogP contribution >= 0.6 is 0 Å². The first-order valence-corrected chi connectivity index (χ1v) is 9.87. The number of rotatable bonds is 5. The van der Waals surface area contributed by atoms with Crippen molar-refractivity contribution < 1.29 is 14.7 Å². The average molecular weight is 397 g/mol. The van der Waals surface area contributed by atoms with Gasteiger partial charge < -0.3 is 15.7 Å². The normalized spacial score (nSPS) is 12.9. The minimum Gasteiger partial charge on any atom is -0.508 e. The minimum absolute atomic E-state index is 0.00368. The van der Waals surface area contributed by atoms with E-state index in [1.165, 1.54) is 6.07 Å². The maximum Gasteiger partial charge on any atom is 0.251 e. The van der Waals surface area contributed by atoms with Gasteiger partial charge in [-0.25, -0.2) is 0 Å². The van der Waals surface area contributed by atoms with E-state index in [0.29, 0.717) is 11.1 Å². The van der Waals surface area contributed by atoms with Crippen molar-refractivity contribution in [2.45, 2.75) is 65.0 Å². The van der Waals surface area contributed by atoms with E-state index in [1.807, 2.05) is 71.9 Å². The summed E-state index contributed by atoms with van der Waals surface area (Å²) < 4.78 is 0. The lowest BCUT2D eigenvalue weighted by Gasteiger charge is -2.24. The number of nitrogens with one attached hydrogen (secondary N) is 2. The highest BCUT2D eigenvalue weighted by atomic mass is 16.3. The zero-order valence-electron chi connectivity index (χ0n) is 18.2. The van der Waals surface area contributed by atoms with E-state index in [-0.39, 0.29) is 41.0 Å². The van der Waals surface area contributed by atoms with Gasteiger partial charge in [0.15, 0.2) is 0 Å². The Labute approximate surface area is 173 Å². The number of amides is 2. The predicted octanol–water partition coefficient (Wildman–Crippen LogP) is 4.36. The highest BCUT2D eigenvalue weighted by Gasteiger charge is 2.24. The van der Waals surface area contributed by atoms with Crippen LogP contribution in [0, 0.1) is 0 Å². The van der Waals surface area contributed by atoms with Gasteiger partial charge in [-0.1, -0.05) is 36.4 Å². The Morgan fingerprint density at radius 3 is 2.00 bits per heavy atom. The summed E-state index contributed by atoms with van der Waals surface area (Å²) in [5.74, 6) is -0.663. The van der Waals surface area contributed by atoms with Crippen molar-refractivity contribution in [3.8, 4) is 5.75 Å². The molecule has 5 heteroatoms. The molecular formula is C24H32N2O3. The fourth-order valence-corrected chi connectivity index (χ4v) is 3.14. The molecule has 0 fully saturated rings. The van der Waals surface area contributed by atoms with Crippen LogP contribution in [0.3, 0.4) is 0 Å². The van der Waals surface area contributed by atoms with E-state index in [1.54, 1.807) is 12.1 Å². The summed E-state index contributed by atoms with van der Waals surface area (Å²) in [7, 11) is 0. The first-order valence-electron chi connectivity index (χ1n) is 9.87. The summed E-state index contributed by atoms with van der Waals surface area (Å²) in [5.41, 5.74) is 1.22. The molecule has 0 saturated carbocycles. The number of phenols is 1. The lowest BCUT2D eigenvalue weighted by Crippen LogP contribution is -2.41. The largest absolute Gasteiger partial charge is 0.508 e. The third kappa shape index (κ3) is 6.93. The van der Waals surface area contributed by atoms with E-state index in [2.05, 4.69) is 10.6 Å². The highest BCUT2D eigenvalue weighted by molar-refractivity contribution is 5.95. The Balaban J connectivity index is 2.36. The Morgan fingerprint density at radius 1 is 0.897 bits per heavy atom. The molecule has 3 N–H and O–H groups in total. The van der Waals surface area contributed by atoms with Crippen LogP contribution in [0.25, 0.3) is 0 Å². The van der Waals surface area contributed by atoms with Crippen molar-refractivity contribution in [3.63, 3.8) is 0 Å². The van der Waals surface area contributed by atoms with Crippen molar-refractivity contribution in [2.24, 2.45) is 0 Å². The Morgan fingerprint density at radius 2 is 1.48 bits per heavy atom. The fourth-order valence-electron chi connectivity index (χ4n) is 3.14. The minimum atomic E-state index is -0.372. The van der Waals surface area contributed by atoms with E-state index in [0.717, 1.165) is 5.56 Å². The second-order valence-corrected chi connectivity index (χ2v) is 9.44. The lowest BCUT2D eigenvalue weighted by molar-refractivity contribution is -0.122. The first kappa shape index (κ1) is 22.5. The third-order valence-electron chi connectivity index (χ3n) is 4.26. The zero-order chi connectivity index (χ0) is 21.8. The van der Waals surface area contributed by atoms with Gasteiger partial charge in [0.25, 0.3) is 5.91 Å². The molecule has 1 atom stereocenters. The molecule has 0 saturated heterocycles. The number of carbonyl (C=O) groups is 2. The molecule has 0 bridgehead atoms. The molecule has 0 aliphatic heterocycles. The van der Waals surface area contributed by atoms with Crippen LogP contribution in [0.15, 0.2) is 48.5 Å². The van der Waals surface area contributed by atoms with Crippen LogP contribution in [0.4, 0.5) is 0 Å². The van der Waals surface area contributed by atoms with E-state index in [4.69, 9.17) is 0 Å². The van der Waals surface area contributed by atoms with Crippen LogP contribution in [0.5, 0.6) is 5.75 Å². The summed E-state index contributed by atoms with van der Waals surface area (Å²) in [6.07, 6.45) is 0.197. The molecule has 2 aromatic rings. The number of benzene rings is 2. The molecule has 156 valence electrons. The van der Waals surface area contributed by atoms with Gasteiger partial charge in [0.2, 0.25) is 5.91 Å². The van der Waals surface area contributed by atoms with Crippen molar-refractivity contribution >= 4 is 11.8 Å². The SMILES string of the molecule is CC(C)(C)NC(=O)CC(c1ccccc1)c1ccc(C(=O)NC(C)(C)C)cc1O. The molecule has 1 unspecified atom stereocenters. The van der Waals surface area contributed by atoms with Gasteiger partial charge in [-0.15, -0.1) is 0 Å². The molecule has 2 amide bonds. The Bertz CT molecular complexity index is 862. The second-order valence-electron chi connectivity index (χ2n) is 9.44. The summed E-state index contributed by atoms with van der Waals surface area (Å²) in [6, 6.07) is 14.5. The number of phenolic OH excluding ortho intramolecular Hbond substituents is 1. The lowest BCUT2D eigenvalue weighted by atomic mass is 9.86. The smallest absolute Gasteiger partial charge is 0.251 e. The fraction of sp³-hybridized carbons (Fsp3) is 0.417. The first-order chi connectivity index (χ1) is 13.4.